The molecule has 98 valence electrons. The average Bonchev–Trinajstić information content (AvgIpc) is 2.74. The maximum absolute atomic E-state index is 6.20. The van der Waals surface area contributed by atoms with E-state index >= 15 is 0 Å². The summed E-state index contributed by atoms with van der Waals surface area (Å²) in [6.07, 6.45) is 0.725. The van der Waals surface area contributed by atoms with Crippen LogP contribution in [0.1, 0.15) is 37.6 Å². The summed E-state index contributed by atoms with van der Waals surface area (Å²) in [6, 6.07) is 8.00. The molecule has 1 unspecified atom stereocenters. The van der Waals surface area contributed by atoms with Crippen LogP contribution in [-0.4, -0.2) is 12.7 Å². The van der Waals surface area contributed by atoms with E-state index in [0.29, 0.717) is 0 Å². The van der Waals surface area contributed by atoms with E-state index in [1.807, 2.05) is 45.0 Å². The zero-order valence-corrected chi connectivity index (χ0v) is 11.5. The van der Waals surface area contributed by atoms with Crippen molar-refractivity contribution in [2.45, 2.75) is 38.8 Å². The third-order valence-corrected chi connectivity index (χ3v) is 3.39. The fourth-order valence-corrected chi connectivity index (χ4v) is 2.13. The molecule has 2 aromatic rings. The monoisotopic (exact) mass is 247 g/mol. The van der Waals surface area contributed by atoms with Gasteiger partial charge >= 0.3 is 0 Å². The summed E-state index contributed by atoms with van der Waals surface area (Å²) in [5.74, 6) is 0.824. The van der Waals surface area contributed by atoms with Crippen molar-refractivity contribution in [3.05, 3.63) is 35.6 Å². The first-order valence-electron chi connectivity index (χ1n) is 6.23. The number of aryl methyl sites for hydroxylation is 1. The van der Waals surface area contributed by atoms with Gasteiger partial charge in [0.2, 0.25) is 0 Å². The van der Waals surface area contributed by atoms with Crippen LogP contribution in [0.25, 0.3) is 11.0 Å². The molecule has 0 bridgehead atoms. The minimum Gasteiger partial charge on any atom is -0.459 e. The van der Waals surface area contributed by atoms with Gasteiger partial charge in [0.1, 0.15) is 11.3 Å². The van der Waals surface area contributed by atoms with Crippen LogP contribution >= 0.6 is 0 Å². The topological polar surface area (TPSA) is 48.4 Å². The van der Waals surface area contributed by atoms with Crippen LogP contribution < -0.4 is 5.73 Å². The fourth-order valence-electron chi connectivity index (χ4n) is 2.13. The number of ether oxygens (including phenoxy) is 1. The molecule has 1 heterocycles. The lowest BCUT2D eigenvalue weighted by molar-refractivity contribution is 0.00854. The molecule has 3 heteroatoms. The van der Waals surface area contributed by atoms with E-state index in [1.165, 1.54) is 0 Å². The lowest BCUT2D eigenvalue weighted by atomic mass is 9.98. The van der Waals surface area contributed by atoms with Crippen molar-refractivity contribution in [1.82, 2.24) is 0 Å². The number of furan rings is 1. The number of benzene rings is 1. The molecule has 0 fully saturated rings. The van der Waals surface area contributed by atoms with E-state index in [0.717, 1.165) is 28.7 Å². The van der Waals surface area contributed by atoms with E-state index in [-0.39, 0.29) is 11.6 Å². The van der Waals surface area contributed by atoms with Crippen LogP contribution in [0.3, 0.4) is 0 Å². The van der Waals surface area contributed by atoms with Gasteiger partial charge in [-0.05, 0) is 38.8 Å². The van der Waals surface area contributed by atoms with Crippen LogP contribution in [0.15, 0.2) is 28.7 Å². The van der Waals surface area contributed by atoms with E-state index in [9.17, 15) is 0 Å². The number of hydrogen-bond donors (Lipinski definition) is 1. The van der Waals surface area contributed by atoms with Gasteiger partial charge in [-0.15, -0.1) is 0 Å². The first kappa shape index (κ1) is 13.1. The third kappa shape index (κ3) is 2.57. The SMILES string of the molecule is COC(C)(C)CC(N)c1cc2cccc(C)c2o1. The Balaban J connectivity index is 2.29. The molecule has 3 nitrogen and oxygen atoms in total. The zero-order valence-electron chi connectivity index (χ0n) is 11.5. The maximum atomic E-state index is 6.20. The van der Waals surface area contributed by atoms with Crippen LogP contribution in [-0.2, 0) is 4.74 Å². The Morgan fingerprint density at radius 3 is 2.72 bits per heavy atom. The summed E-state index contributed by atoms with van der Waals surface area (Å²) < 4.78 is 11.3. The van der Waals surface area contributed by atoms with Gasteiger partial charge in [-0.1, -0.05) is 18.2 Å². The van der Waals surface area contributed by atoms with Gasteiger partial charge in [0, 0.05) is 12.5 Å². The standard InChI is InChI=1S/C15H21NO2/c1-10-6-5-7-11-8-13(18-14(10)11)12(16)9-15(2,3)17-4/h5-8,12H,9,16H2,1-4H3. The molecule has 2 rings (SSSR count). The van der Waals surface area contributed by atoms with Crippen molar-refractivity contribution in [2.75, 3.05) is 7.11 Å². The highest BCUT2D eigenvalue weighted by atomic mass is 16.5. The molecule has 0 saturated carbocycles. The summed E-state index contributed by atoms with van der Waals surface area (Å²) in [7, 11) is 1.70. The molecule has 0 aliphatic rings. The molecule has 0 amide bonds. The number of para-hydroxylation sites is 1. The largest absolute Gasteiger partial charge is 0.459 e. The van der Waals surface area contributed by atoms with E-state index in [1.54, 1.807) is 7.11 Å². The van der Waals surface area contributed by atoms with Crippen molar-refractivity contribution in [2.24, 2.45) is 5.73 Å². The van der Waals surface area contributed by atoms with Crippen molar-refractivity contribution >= 4 is 11.0 Å². The molecule has 0 saturated heterocycles. The van der Waals surface area contributed by atoms with Gasteiger partial charge in [0.15, 0.2) is 0 Å². The Kier molecular flexibility index (Phi) is 3.46. The van der Waals surface area contributed by atoms with Gasteiger partial charge in [-0.3, -0.25) is 0 Å². The van der Waals surface area contributed by atoms with Gasteiger partial charge in [0.05, 0.1) is 11.6 Å². The molecule has 0 aliphatic heterocycles. The van der Waals surface area contributed by atoms with Crippen LogP contribution in [0.2, 0.25) is 0 Å². The maximum Gasteiger partial charge on any atom is 0.137 e. The van der Waals surface area contributed by atoms with Crippen LogP contribution in [0, 0.1) is 6.92 Å². The van der Waals surface area contributed by atoms with Crippen molar-refractivity contribution in [3.8, 4) is 0 Å². The van der Waals surface area contributed by atoms with Gasteiger partial charge < -0.3 is 14.9 Å². The summed E-state index contributed by atoms with van der Waals surface area (Å²) in [6.45, 7) is 6.10. The average molecular weight is 247 g/mol. The highest BCUT2D eigenvalue weighted by Gasteiger charge is 2.23. The van der Waals surface area contributed by atoms with Crippen molar-refractivity contribution in [3.63, 3.8) is 0 Å². The highest BCUT2D eigenvalue weighted by molar-refractivity contribution is 5.80. The summed E-state index contributed by atoms with van der Waals surface area (Å²) in [5.41, 5.74) is 8.02. The van der Waals surface area contributed by atoms with Crippen molar-refractivity contribution < 1.29 is 9.15 Å². The molecule has 0 spiro atoms. The first-order valence-corrected chi connectivity index (χ1v) is 6.23. The van der Waals surface area contributed by atoms with Gasteiger partial charge in [-0.25, -0.2) is 0 Å². The molecule has 1 aromatic carbocycles. The Bertz CT molecular complexity index is 542. The summed E-state index contributed by atoms with van der Waals surface area (Å²) in [5, 5.41) is 1.11. The minimum atomic E-state index is -0.243. The highest BCUT2D eigenvalue weighted by Crippen LogP contribution is 2.29. The Hall–Kier alpha value is -1.32. The number of methoxy groups -OCH3 is 1. The zero-order chi connectivity index (χ0) is 13.3. The molecule has 0 radical (unpaired) electrons. The molecule has 2 N–H and O–H groups in total. The predicted molar refractivity (Wildman–Crippen MR) is 73.6 cm³/mol. The second-order valence-electron chi connectivity index (χ2n) is 5.42. The smallest absolute Gasteiger partial charge is 0.137 e. The fraction of sp³-hybridized carbons (Fsp3) is 0.467. The second kappa shape index (κ2) is 4.75. The summed E-state index contributed by atoms with van der Waals surface area (Å²) >= 11 is 0. The Morgan fingerprint density at radius 1 is 1.39 bits per heavy atom. The lowest BCUT2D eigenvalue weighted by Gasteiger charge is -2.25. The number of fused-ring (bicyclic) bond motifs is 1. The number of hydrogen-bond acceptors (Lipinski definition) is 3. The quantitative estimate of drug-likeness (QED) is 0.898. The minimum absolute atomic E-state index is 0.147. The van der Waals surface area contributed by atoms with Gasteiger partial charge in [-0.2, -0.15) is 0 Å². The van der Waals surface area contributed by atoms with Crippen LogP contribution in [0.4, 0.5) is 0 Å². The Morgan fingerprint density at radius 2 is 2.11 bits per heavy atom. The molecular weight excluding hydrogens is 226 g/mol. The van der Waals surface area contributed by atoms with Crippen LogP contribution in [0.5, 0.6) is 0 Å². The number of nitrogens with two attached hydrogens (primary N) is 1. The molecule has 18 heavy (non-hydrogen) atoms. The molecule has 0 aliphatic carbocycles. The van der Waals surface area contributed by atoms with Gasteiger partial charge in [0.25, 0.3) is 0 Å². The van der Waals surface area contributed by atoms with E-state index < -0.39 is 0 Å². The molecule has 1 atom stereocenters. The lowest BCUT2D eigenvalue weighted by Crippen LogP contribution is -2.28. The molecule has 1 aromatic heterocycles. The molecular formula is C15H21NO2. The first-order chi connectivity index (χ1) is 8.43. The normalized spacial score (nSPS) is 14.1. The summed E-state index contributed by atoms with van der Waals surface area (Å²) in [4.78, 5) is 0. The number of rotatable bonds is 4. The third-order valence-electron chi connectivity index (χ3n) is 3.39. The second-order valence-corrected chi connectivity index (χ2v) is 5.42. The van der Waals surface area contributed by atoms with E-state index in [2.05, 4.69) is 0 Å². The Labute approximate surface area is 108 Å². The van der Waals surface area contributed by atoms with E-state index in [4.69, 9.17) is 14.9 Å². The van der Waals surface area contributed by atoms with Crippen molar-refractivity contribution in [1.29, 1.82) is 0 Å². The predicted octanol–water partition coefficient (Wildman–Crippen LogP) is 3.56.